The van der Waals surface area contributed by atoms with E-state index in [0.29, 0.717) is 130 Å². The predicted octanol–water partition coefficient (Wildman–Crippen LogP) is 16.3. The zero-order valence-corrected chi connectivity index (χ0v) is 81.8. The van der Waals surface area contributed by atoms with Crippen LogP contribution in [-0.4, -0.2) is 182 Å². The van der Waals surface area contributed by atoms with Crippen molar-refractivity contribution in [2.45, 2.75) is 214 Å². The summed E-state index contributed by atoms with van der Waals surface area (Å²) in [6.45, 7) is 33.4. The van der Waals surface area contributed by atoms with Crippen molar-refractivity contribution in [3.05, 3.63) is 237 Å². The molecule has 0 saturated heterocycles. The number of methoxy groups -OCH3 is 4. The first-order chi connectivity index (χ1) is 66.7. The number of carbonyl (C=O) groups excluding carboxylic acids is 15. The molecule has 10 aromatic heterocycles. The summed E-state index contributed by atoms with van der Waals surface area (Å²) in [4.78, 5) is 163. The average molecular weight is 1980 g/mol. The Bertz CT molecular complexity index is 5270. The van der Waals surface area contributed by atoms with Crippen LogP contribution in [0.4, 0.5) is 0 Å². The number of aliphatic hydroxyl groups excluding tert-OH is 1. The van der Waals surface area contributed by atoms with Gasteiger partial charge in [0, 0.05) is 40.6 Å². The maximum Gasteiger partial charge on any atom is 0.374 e. The zero-order chi connectivity index (χ0) is 105. The summed E-state index contributed by atoms with van der Waals surface area (Å²) in [5.41, 5.74) is 0. The van der Waals surface area contributed by atoms with Crippen LogP contribution in [0.15, 0.2) is 165 Å². The second kappa shape index (κ2) is 71.2. The van der Waals surface area contributed by atoms with Crippen LogP contribution < -0.4 is 0 Å². The normalized spacial score (nSPS) is 10.0. The van der Waals surface area contributed by atoms with Gasteiger partial charge in [-0.3, -0.25) is 24.0 Å². The van der Waals surface area contributed by atoms with E-state index < -0.39 is 71.6 Å². The first kappa shape index (κ1) is 123. The molecule has 0 aromatic carbocycles. The summed E-state index contributed by atoms with van der Waals surface area (Å²) in [6, 6.07) is 31.4. The number of hydrogen-bond acceptors (Lipinski definition) is 44. The summed E-state index contributed by atoms with van der Waals surface area (Å²) < 4.78 is 137. The van der Waals surface area contributed by atoms with Crippen LogP contribution in [0.2, 0.25) is 0 Å². The number of rotatable bonds is 40. The molecule has 0 bridgehead atoms. The van der Waals surface area contributed by atoms with Crippen LogP contribution in [0.1, 0.15) is 287 Å². The van der Waals surface area contributed by atoms with Gasteiger partial charge in [-0.25, -0.2) is 47.9 Å². The van der Waals surface area contributed by atoms with Crippen molar-refractivity contribution in [2.24, 2.45) is 0 Å². The minimum absolute atomic E-state index is 0.0144. The fourth-order valence-corrected chi connectivity index (χ4v) is 9.08. The maximum absolute atomic E-state index is 11.4. The van der Waals surface area contributed by atoms with E-state index in [9.17, 15) is 71.9 Å². The fourth-order valence-electron chi connectivity index (χ4n) is 9.08. The van der Waals surface area contributed by atoms with Gasteiger partial charge in [-0.2, -0.15) is 0 Å². The third-order valence-electron chi connectivity index (χ3n) is 15.0. The largest absolute Gasteiger partial charge is 0.463 e. The van der Waals surface area contributed by atoms with Crippen LogP contribution >= 0.6 is 0 Å². The van der Waals surface area contributed by atoms with Crippen molar-refractivity contribution in [2.75, 3.05) is 61.5 Å². The number of ether oxygens (including phenoxy) is 18. The van der Waals surface area contributed by atoms with Crippen molar-refractivity contribution in [3.8, 4) is 0 Å². The lowest BCUT2D eigenvalue weighted by Gasteiger charge is -2.05. The molecular weight excluding hydrogens is 1860 g/mol. The van der Waals surface area contributed by atoms with E-state index in [1.165, 1.54) is 83.7 Å². The number of hydrogen-bond donors (Lipinski definition) is 1. The SMILES string of the molecule is CC(C)OC(=O)c1ccc(CO)o1.CCC(=O)OCc1ccc(C(=O)OC)o1.CCCOC(=O)c1ccc(COCC)o1.CCOC(=O)c1ccc(COC(C)=O)o1.CCOC(=O)c1ccc(COC=O)o1.CCOCc1ccc(C(=O)OC(C)C)o1.COC(=O)c1ccc(COC(C)=O)o1.COC(=O)c1ccc(COC=O)o1.COCc1ccc(C(=O)OC(C)C)o1.Cc1ccc(C(=O)OC(C)C)o1. The molecule has 44 nitrogen and oxygen atoms in total. The van der Waals surface area contributed by atoms with E-state index in [2.05, 4.69) is 28.4 Å². The lowest BCUT2D eigenvalue weighted by Crippen LogP contribution is -2.10. The average Bonchev–Trinajstić information content (AvgIpc) is 1.77. The van der Waals surface area contributed by atoms with Gasteiger partial charge < -0.3 is 135 Å². The van der Waals surface area contributed by atoms with Gasteiger partial charge in [0.1, 0.15) is 117 Å². The van der Waals surface area contributed by atoms with Crippen LogP contribution in [-0.2, 0) is 169 Å². The van der Waals surface area contributed by atoms with Crippen molar-refractivity contribution in [1.82, 2.24) is 0 Å². The lowest BCUT2D eigenvalue weighted by atomic mass is 10.4. The Balaban J connectivity index is 0.000000778. The molecule has 770 valence electrons. The van der Waals surface area contributed by atoms with Crippen LogP contribution in [0.3, 0.4) is 0 Å². The third-order valence-corrected chi connectivity index (χ3v) is 15.0. The second-order valence-corrected chi connectivity index (χ2v) is 27.9. The van der Waals surface area contributed by atoms with E-state index in [-0.39, 0.29) is 128 Å². The molecule has 0 saturated carbocycles. The van der Waals surface area contributed by atoms with Gasteiger partial charge in [0.15, 0.2) is 0 Å². The number of esters is 13. The van der Waals surface area contributed by atoms with Gasteiger partial charge >= 0.3 is 77.6 Å². The molecule has 0 aliphatic carbocycles. The molecule has 10 aromatic rings. The Labute approximate surface area is 806 Å². The summed E-state index contributed by atoms with van der Waals surface area (Å²) >= 11 is 0. The van der Waals surface area contributed by atoms with Gasteiger partial charge in [0.25, 0.3) is 12.9 Å². The summed E-state index contributed by atoms with van der Waals surface area (Å²) in [5.74, 6) is 0.504. The number of furan rings is 10. The molecule has 10 rings (SSSR count). The highest BCUT2D eigenvalue weighted by molar-refractivity contribution is 5.90. The Morgan fingerprint density at radius 1 is 0.293 bits per heavy atom. The van der Waals surface area contributed by atoms with Crippen molar-refractivity contribution >= 4 is 90.5 Å². The molecule has 10 heterocycles. The van der Waals surface area contributed by atoms with Gasteiger partial charge in [-0.05, 0) is 218 Å². The molecule has 0 amide bonds. The van der Waals surface area contributed by atoms with E-state index in [4.69, 9.17) is 106 Å². The quantitative estimate of drug-likeness (QED) is 0.0212. The smallest absolute Gasteiger partial charge is 0.374 e. The number of aliphatic hydroxyl groups is 1. The summed E-state index contributed by atoms with van der Waals surface area (Å²) in [7, 11) is 5.35. The molecule has 0 unspecified atom stereocenters. The number of carbonyl (C=O) groups is 15. The molecule has 0 aliphatic heterocycles. The minimum Gasteiger partial charge on any atom is -0.463 e. The third kappa shape index (κ3) is 53.3. The van der Waals surface area contributed by atoms with E-state index in [1.54, 1.807) is 163 Å². The molecule has 44 heteroatoms. The van der Waals surface area contributed by atoms with E-state index >= 15 is 0 Å². The molecule has 140 heavy (non-hydrogen) atoms. The van der Waals surface area contributed by atoms with E-state index in [0.717, 1.165) is 6.42 Å². The fraction of sp³-hybridized carbons (Fsp3) is 0.427. The topological polar surface area (TPSA) is 574 Å². The van der Waals surface area contributed by atoms with Crippen molar-refractivity contribution in [3.63, 3.8) is 0 Å². The molecule has 0 spiro atoms. The maximum atomic E-state index is 11.4. The van der Waals surface area contributed by atoms with Crippen molar-refractivity contribution in [1.29, 1.82) is 0 Å². The highest BCUT2D eigenvalue weighted by atomic mass is 16.6. The molecule has 0 fully saturated rings. The monoisotopic (exact) mass is 1980 g/mol. The lowest BCUT2D eigenvalue weighted by molar-refractivity contribution is -0.145. The van der Waals surface area contributed by atoms with Crippen LogP contribution in [0.25, 0.3) is 0 Å². The van der Waals surface area contributed by atoms with Crippen molar-refractivity contribution < 1.29 is 206 Å². The molecule has 1 N–H and O–H groups in total. The van der Waals surface area contributed by atoms with Gasteiger partial charge in [0.2, 0.25) is 57.6 Å². The molecule has 0 aliphatic rings. The summed E-state index contributed by atoms with van der Waals surface area (Å²) in [5, 5.41) is 8.67. The first-order valence-electron chi connectivity index (χ1n) is 43.0. The van der Waals surface area contributed by atoms with Gasteiger partial charge in [-0.15, -0.1) is 0 Å². The van der Waals surface area contributed by atoms with Crippen LogP contribution in [0, 0.1) is 6.92 Å². The number of aryl methyl sites for hydroxylation is 1. The Morgan fingerprint density at radius 3 is 0.779 bits per heavy atom. The first-order valence-corrected chi connectivity index (χ1v) is 43.0. The molecular formula is C96H122O44. The van der Waals surface area contributed by atoms with Crippen LogP contribution in [0.5, 0.6) is 0 Å². The highest BCUT2D eigenvalue weighted by Gasteiger charge is 2.22. The Morgan fingerprint density at radius 2 is 0.543 bits per heavy atom. The zero-order valence-electron chi connectivity index (χ0n) is 81.8. The Hall–Kier alpha value is -15.3. The molecule has 0 radical (unpaired) electrons. The summed E-state index contributed by atoms with van der Waals surface area (Å²) in [6.07, 6.45) is 0.553. The Kier molecular flexibility index (Phi) is 62.4. The standard InChI is InChI=1S/2C11H16O4.2C10H12O5.C10H14O4.2C9H10O5.C9H12O4.C9H12O3.C8H8O5/c1-4-13-7-9-5-6-10(15-9)11(12)14-8(2)3;1-3-7-14-11(12)10-6-5-9(15-10)8-13-4-2;1-3-9(11)14-6-7-4-5-8(15-7)10(12)13-2;1-3-13-10(12)9-5-4-8(15-9)6-14-7(2)11;1-7(2)13-10(11)9-5-4-8(14-9)6-12-3;1-6(10)13-5-7-3-4-8(14-7)9(11)12-2;1-2-13-9(11)8-4-3-7(14-8)5-12-6-10;1-6(2)12-9(11)8-4-3-7(5-10)13-8;1-6(2)11-9(10)8-5-4-7(3)12-8;1-11-8(10)7-3-2-6(13-7)4-12-5-9/h5-6,8H,4,7H2,1-3H3;5-6H,3-4,7-8H2,1-2H3;2*4-5H,3,6H2,1-2H3;4-5,7H,6H2,1-3H3;3-4H,5H2,1-2H3;3-4,6H,2,5H2,1H3;3-4,6,10H,5H2,1-2H3;4-6H,1-3H3;2-3,5H,4H2,1H3. The van der Waals surface area contributed by atoms with E-state index in [1.807, 2.05) is 20.8 Å². The highest BCUT2D eigenvalue weighted by Crippen LogP contribution is 2.20. The molecule has 0 atom stereocenters. The van der Waals surface area contributed by atoms with Gasteiger partial charge in [-0.1, -0.05) is 13.8 Å². The second-order valence-electron chi connectivity index (χ2n) is 27.9. The minimum atomic E-state index is -0.558. The predicted molar refractivity (Wildman–Crippen MR) is 481 cm³/mol. The van der Waals surface area contributed by atoms with Gasteiger partial charge in [0.05, 0.1) is 65.6 Å².